The van der Waals surface area contributed by atoms with Gasteiger partial charge in [-0.25, -0.2) is 0 Å². The normalized spacial score (nSPS) is 12.4. The number of nitrogens with two attached hydrogens (primary N) is 1. The van der Waals surface area contributed by atoms with E-state index in [2.05, 4.69) is 10.6 Å². The van der Waals surface area contributed by atoms with Crippen LogP contribution >= 0.6 is 0 Å². The summed E-state index contributed by atoms with van der Waals surface area (Å²) in [6.07, 6.45) is 1.50. The van der Waals surface area contributed by atoms with Gasteiger partial charge < -0.3 is 26.2 Å². The quantitative estimate of drug-likeness (QED) is 0.142. The molecule has 0 saturated carbocycles. The first kappa shape index (κ1) is 29.5. The second-order valence-electron chi connectivity index (χ2n) is 9.57. The first-order valence-corrected chi connectivity index (χ1v) is 13.2. The van der Waals surface area contributed by atoms with E-state index in [-0.39, 0.29) is 37.2 Å². The van der Waals surface area contributed by atoms with Crippen molar-refractivity contribution in [1.82, 2.24) is 10.6 Å². The molecule has 0 aromatic heterocycles. The van der Waals surface area contributed by atoms with Gasteiger partial charge in [-0.15, -0.1) is 0 Å². The molecule has 3 aromatic rings. The maximum atomic E-state index is 13.3. The lowest BCUT2D eigenvalue weighted by atomic mass is 9.95. The van der Waals surface area contributed by atoms with Gasteiger partial charge in [0, 0.05) is 31.0 Å². The predicted octanol–water partition coefficient (Wildman–Crippen LogP) is 3.34. The highest BCUT2D eigenvalue weighted by Gasteiger charge is 2.23. The van der Waals surface area contributed by atoms with Crippen molar-refractivity contribution in [1.29, 1.82) is 5.41 Å². The van der Waals surface area contributed by atoms with E-state index < -0.39 is 12.0 Å². The van der Waals surface area contributed by atoms with Gasteiger partial charge in [-0.1, -0.05) is 73.7 Å². The number of nitrogens with one attached hydrogen (secondary N) is 3. The predicted molar refractivity (Wildman–Crippen MR) is 153 cm³/mol. The van der Waals surface area contributed by atoms with Crippen LogP contribution in [0.3, 0.4) is 0 Å². The minimum absolute atomic E-state index is 0.00212. The van der Waals surface area contributed by atoms with Crippen molar-refractivity contribution >= 4 is 17.5 Å². The molecule has 0 aliphatic carbocycles. The molecule has 39 heavy (non-hydrogen) atoms. The lowest BCUT2D eigenvalue weighted by Crippen LogP contribution is -2.39. The second-order valence-corrected chi connectivity index (χ2v) is 9.57. The average molecular weight is 531 g/mol. The summed E-state index contributed by atoms with van der Waals surface area (Å²) >= 11 is 0. The summed E-state index contributed by atoms with van der Waals surface area (Å²) in [6, 6.07) is 24.3. The number of carbonyl (C=O) groups excluding carboxylic acids is 2. The van der Waals surface area contributed by atoms with Crippen LogP contribution in [0.1, 0.15) is 42.0 Å². The molecule has 3 aromatic carbocycles. The van der Waals surface area contributed by atoms with Crippen molar-refractivity contribution in [3.05, 3.63) is 101 Å². The van der Waals surface area contributed by atoms with Crippen LogP contribution in [0.2, 0.25) is 0 Å². The number of ketones is 1. The highest BCUT2D eigenvalue weighted by molar-refractivity contribution is 5.94. The van der Waals surface area contributed by atoms with Crippen LogP contribution in [0.15, 0.2) is 78.9 Å². The smallest absolute Gasteiger partial charge is 0.223 e. The number of ether oxygens (including phenoxy) is 1. The Bertz CT molecular complexity index is 1200. The number of aryl methyl sites for hydroxylation is 1. The molecule has 1 amide bonds. The van der Waals surface area contributed by atoms with Gasteiger partial charge in [0.05, 0.1) is 12.6 Å². The van der Waals surface area contributed by atoms with Crippen molar-refractivity contribution in [3.63, 3.8) is 0 Å². The molecule has 0 spiro atoms. The molecule has 3 rings (SSSR count). The van der Waals surface area contributed by atoms with Crippen LogP contribution in [0.25, 0.3) is 0 Å². The van der Waals surface area contributed by atoms with Gasteiger partial charge in [0.15, 0.2) is 5.78 Å². The maximum Gasteiger partial charge on any atom is 0.223 e. The number of carbonyl (C=O) groups is 2. The summed E-state index contributed by atoms with van der Waals surface area (Å²) in [6.45, 7) is 2.81. The lowest BCUT2D eigenvalue weighted by Gasteiger charge is -2.20. The Kier molecular flexibility index (Phi) is 11.7. The van der Waals surface area contributed by atoms with Crippen LogP contribution in [0.4, 0.5) is 0 Å². The summed E-state index contributed by atoms with van der Waals surface area (Å²) in [4.78, 5) is 26.1. The minimum Gasteiger partial charge on any atom is -0.491 e. The highest BCUT2D eigenvalue weighted by atomic mass is 16.5. The minimum atomic E-state index is -0.474. The molecular formula is C31H38N4O4. The van der Waals surface area contributed by atoms with E-state index >= 15 is 0 Å². The maximum absolute atomic E-state index is 13.3. The number of amides is 1. The molecule has 8 nitrogen and oxygen atoms in total. The first-order valence-electron chi connectivity index (χ1n) is 13.2. The van der Waals surface area contributed by atoms with Gasteiger partial charge in [-0.3, -0.25) is 15.0 Å². The van der Waals surface area contributed by atoms with Crippen molar-refractivity contribution in [2.24, 2.45) is 11.7 Å². The Morgan fingerprint density at radius 1 is 0.923 bits per heavy atom. The van der Waals surface area contributed by atoms with E-state index in [1.165, 1.54) is 0 Å². The van der Waals surface area contributed by atoms with E-state index in [4.69, 9.17) is 21.0 Å². The number of hydrogen-bond acceptors (Lipinski definition) is 6. The van der Waals surface area contributed by atoms with Crippen LogP contribution in [-0.4, -0.2) is 41.9 Å². The molecule has 0 aliphatic heterocycles. The molecule has 8 heteroatoms. The summed E-state index contributed by atoms with van der Waals surface area (Å²) in [7, 11) is 0. The Morgan fingerprint density at radius 3 is 2.21 bits per heavy atom. The molecule has 206 valence electrons. The number of aliphatic hydroxyl groups excluding tert-OH is 1. The molecule has 6 N–H and O–H groups in total. The zero-order chi connectivity index (χ0) is 28.0. The molecule has 2 atom stereocenters. The number of benzene rings is 3. The summed E-state index contributed by atoms with van der Waals surface area (Å²) in [5.74, 6) is 0.0240. The molecule has 0 radical (unpaired) electrons. The van der Waals surface area contributed by atoms with E-state index in [0.717, 1.165) is 23.1 Å². The van der Waals surface area contributed by atoms with Crippen LogP contribution < -0.4 is 21.1 Å². The fraction of sp³-hybridized carbons (Fsp3) is 0.323. The fourth-order valence-electron chi connectivity index (χ4n) is 4.14. The lowest BCUT2D eigenvalue weighted by molar-refractivity contribution is -0.129. The largest absolute Gasteiger partial charge is 0.491 e. The van der Waals surface area contributed by atoms with Gasteiger partial charge in [0.25, 0.3) is 0 Å². The SMILES string of the molecule is C[C@H](CC(=O)[C@@H](CCc1ccccc1)NCc1ccc(OCCO)cc1)C(=O)NCc1ccc(C(=N)N)cc1. The number of aliphatic hydroxyl groups is 1. The fourth-order valence-corrected chi connectivity index (χ4v) is 4.14. The molecule has 0 unspecified atom stereocenters. The van der Waals surface area contributed by atoms with Crippen LogP contribution in [0.5, 0.6) is 5.75 Å². The molecular weight excluding hydrogens is 492 g/mol. The third-order valence-corrected chi connectivity index (χ3v) is 6.48. The van der Waals surface area contributed by atoms with Gasteiger partial charge in [0.2, 0.25) is 5.91 Å². The zero-order valence-corrected chi connectivity index (χ0v) is 22.4. The monoisotopic (exact) mass is 530 g/mol. The van der Waals surface area contributed by atoms with Crippen molar-refractivity contribution < 1.29 is 19.4 Å². The van der Waals surface area contributed by atoms with E-state index in [1.54, 1.807) is 19.1 Å². The summed E-state index contributed by atoms with van der Waals surface area (Å²) in [5.41, 5.74) is 9.17. The van der Waals surface area contributed by atoms with Crippen molar-refractivity contribution in [2.75, 3.05) is 13.2 Å². The number of rotatable bonds is 16. The van der Waals surface area contributed by atoms with E-state index in [1.807, 2.05) is 66.7 Å². The summed E-state index contributed by atoms with van der Waals surface area (Å²) < 4.78 is 5.41. The van der Waals surface area contributed by atoms with Gasteiger partial charge in [-0.2, -0.15) is 0 Å². The summed E-state index contributed by atoms with van der Waals surface area (Å²) in [5, 5.41) is 22.7. The first-order chi connectivity index (χ1) is 18.9. The van der Waals surface area contributed by atoms with Crippen LogP contribution in [0, 0.1) is 11.3 Å². The number of amidine groups is 1. The Hall–Kier alpha value is -4.01. The topological polar surface area (TPSA) is 138 Å². The molecule has 0 saturated heterocycles. The number of Topliss-reactive ketones (excluding diaryl/α,β-unsaturated/α-hetero) is 1. The van der Waals surface area contributed by atoms with Crippen molar-refractivity contribution in [2.45, 2.75) is 45.3 Å². The molecule has 0 bridgehead atoms. The highest BCUT2D eigenvalue weighted by Crippen LogP contribution is 2.15. The second kappa shape index (κ2) is 15.4. The Balaban J connectivity index is 1.56. The Morgan fingerprint density at radius 2 is 1.56 bits per heavy atom. The van der Waals surface area contributed by atoms with Crippen LogP contribution in [-0.2, 0) is 29.1 Å². The number of hydrogen-bond donors (Lipinski definition) is 5. The van der Waals surface area contributed by atoms with Crippen molar-refractivity contribution in [3.8, 4) is 5.75 Å². The average Bonchev–Trinajstić information content (AvgIpc) is 2.96. The van der Waals surface area contributed by atoms with Gasteiger partial charge >= 0.3 is 0 Å². The van der Waals surface area contributed by atoms with Gasteiger partial charge in [0.1, 0.15) is 18.2 Å². The zero-order valence-electron chi connectivity index (χ0n) is 22.4. The Labute approximate surface area is 230 Å². The number of nitrogen functional groups attached to an aromatic ring is 1. The third kappa shape index (κ3) is 10.00. The standard InChI is InChI=1S/C31H38N4O4/c1-22(31(38)35-21-24-7-12-26(13-8-24)30(32)33)19-29(37)28(16-11-23-5-3-2-4-6-23)34-20-25-9-14-27(15-10-25)39-18-17-36/h2-10,12-15,22,28,34,36H,11,16-21H2,1H3,(H3,32,33)(H,35,38)/t22-,28-/m1/s1. The van der Waals surface area contributed by atoms with E-state index in [0.29, 0.717) is 30.8 Å². The van der Waals surface area contributed by atoms with E-state index in [9.17, 15) is 9.59 Å². The molecule has 0 aliphatic rings. The third-order valence-electron chi connectivity index (χ3n) is 6.48. The van der Waals surface area contributed by atoms with Gasteiger partial charge in [-0.05, 0) is 41.7 Å². The molecule has 0 heterocycles. The molecule has 0 fully saturated rings.